The molecular formula is C56H49BN2O3. The van der Waals surface area contributed by atoms with Crippen LogP contribution in [0.4, 0.5) is 28.4 Å². The molecule has 0 N–H and O–H groups in total. The van der Waals surface area contributed by atoms with E-state index in [0.29, 0.717) is 0 Å². The maximum absolute atomic E-state index is 7.35. The largest absolute Gasteiger partial charge is 0.466 e. The van der Waals surface area contributed by atoms with Crippen molar-refractivity contribution in [1.29, 1.82) is 0 Å². The molecule has 0 bridgehead atoms. The molecule has 0 amide bonds. The van der Waals surface area contributed by atoms with Crippen LogP contribution in [-0.4, -0.2) is 6.85 Å². The fourth-order valence-electron chi connectivity index (χ4n) is 10.2. The second-order valence-corrected chi connectivity index (χ2v) is 20.6. The Balaban J connectivity index is 1.27. The van der Waals surface area contributed by atoms with Crippen LogP contribution < -0.4 is 20.8 Å². The van der Waals surface area contributed by atoms with Gasteiger partial charge < -0.3 is 23.0 Å². The summed E-state index contributed by atoms with van der Waals surface area (Å²) in [7, 11) is 0. The van der Waals surface area contributed by atoms with Gasteiger partial charge in [-0.05, 0) is 99.1 Å². The standard InChI is InChI=1S/C56H49BN2O3/c1-54(2,3)32-18-23-35(24-19-32)58-44-30-40-38-15-11-13-17-46(38)61-52(40)49-41-29-39-37-14-10-12-16-45(37)60-48(39)31-43(41)59(36-25-20-33(21-26-36)55(4,5)6)57(50(44)49)53-51(58)42-28-34(56(7,8)9)22-27-47(42)62-53/h10-31H,1-9H3. The van der Waals surface area contributed by atoms with E-state index in [1.165, 1.54) is 16.7 Å². The summed E-state index contributed by atoms with van der Waals surface area (Å²) in [6, 6.07) is 48.9. The number of rotatable bonds is 2. The highest BCUT2D eigenvalue weighted by molar-refractivity contribution is 6.93. The fraction of sp³-hybridized carbons (Fsp3) is 0.214. The number of para-hydroxylation sites is 2. The molecule has 5 nitrogen and oxygen atoms in total. The minimum absolute atomic E-state index is 0.00373. The predicted molar refractivity (Wildman–Crippen MR) is 261 cm³/mol. The molecule has 62 heavy (non-hydrogen) atoms. The van der Waals surface area contributed by atoms with Crippen LogP contribution in [0.25, 0.3) is 66.0 Å². The zero-order valence-electron chi connectivity index (χ0n) is 36.9. The zero-order chi connectivity index (χ0) is 42.6. The number of anilines is 5. The Morgan fingerprint density at radius 3 is 1.65 bits per heavy atom. The molecule has 0 aliphatic carbocycles. The molecule has 3 aromatic heterocycles. The molecule has 6 heteroatoms. The van der Waals surface area contributed by atoms with Gasteiger partial charge in [-0.3, -0.25) is 0 Å². The van der Waals surface area contributed by atoms with Crippen molar-refractivity contribution in [1.82, 2.24) is 0 Å². The summed E-state index contributed by atoms with van der Waals surface area (Å²) in [5.74, 6) is 0. The van der Waals surface area contributed by atoms with Crippen LogP contribution in [0.5, 0.6) is 0 Å². The number of benzene rings is 7. The average molecular weight is 809 g/mol. The van der Waals surface area contributed by atoms with Crippen molar-refractivity contribution in [3.05, 3.63) is 150 Å². The molecule has 10 aromatic rings. The highest BCUT2D eigenvalue weighted by Gasteiger charge is 2.50. The topological polar surface area (TPSA) is 45.9 Å². The molecular weight excluding hydrogens is 759 g/mol. The monoisotopic (exact) mass is 808 g/mol. The predicted octanol–water partition coefficient (Wildman–Crippen LogP) is 14.8. The number of furan rings is 3. The lowest BCUT2D eigenvalue weighted by Gasteiger charge is -2.43. The number of nitrogens with zero attached hydrogens (tertiary/aromatic N) is 2. The molecule has 0 fully saturated rings. The van der Waals surface area contributed by atoms with Gasteiger partial charge >= 0.3 is 6.85 Å². The second-order valence-electron chi connectivity index (χ2n) is 20.6. The molecule has 12 rings (SSSR count). The number of fused-ring (bicyclic) bond motifs is 13. The van der Waals surface area contributed by atoms with E-state index in [0.717, 1.165) is 106 Å². The summed E-state index contributed by atoms with van der Waals surface area (Å²) in [6.07, 6.45) is 0. The van der Waals surface area contributed by atoms with Gasteiger partial charge in [0, 0.05) is 66.9 Å². The lowest BCUT2D eigenvalue weighted by atomic mass is 9.45. The molecule has 0 radical (unpaired) electrons. The third kappa shape index (κ3) is 5.28. The minimum atomic E-state index is -0.349. The van der Waals surface area contributed by atoms with E-state index < -0.39 is 0 Å². The van der Waals surface area contributed by atoms with Crippen molar-refractivity contribution in [2.75, 3.05) is 9.71 Å². The Labute approximate surface area is 362 Å². The number of hydrogen-bond acceptors (Lipinski definition) is 5. The van der Waals surface area contributed by atoms with Crippen molar-refractivity contribution >= 4 is 101 Å². The quantitative estimate of drug-likeness (QED) is 0.163. The average Bonchev–Trinajstić information content (AvgIpc) is 3.93. The normalized spacial score (nSPS) is 14.1. The van der Waals surface area contributed by atoms with Gasteiger partial charge in [0.25, 0.3) is 0 Å². The summed E-state index contributed by atoms with van der Waals surface area (Å²) in [5.41, 5.74) is 17.7. The van der Waals surface area contributed by atoms with E-state index >= 15 is 0 Å². The van der Waals surface area contributed by atoms with E-state index in [4.69, 9.17) is 13.3 Å². The van der Waals surface area contributed by atoms with Crippen LogP contribution in [0.2, 0.25) is 0 Å². The van der Waals surface area contributed by atoms with E-state index in [2.05, 4.69) is 199 Å². The van der Waals surface area contributed by atoms with Gasteiger partial charge in [0.2, 0.25) is 0 Å². The highest BCUT2D eigenvalue weighted by atomic mass is 16.3. The van der Waals surface area contributed by atoms with Crippen LogP contribution in [-0.2, 0) is 16.2 Å². The second kappa shape index (κ2) is 12.5. The summed E-state index contributed by atoms with van der Waals surface area (Å²) in [4.78, 5) is 4.98. The van der Waals surface area contributed by atoms with Crippen molar-refractivity contribution in [3.63, 3.8) is 0 Å². The fourth-order valence-corrected chi connectivity index (χ4v) is 10.2. The first kappa shape index (κ1) is 37.1. The Bertz CT molecular complexity index is 3470. The SMILES string of the molecule is CC(C)(C)c1ccc(N2B3c4oc5ccc(C(C)(C)C)cc5c4N(c4ccc(C(C)(C)C)cc4)c4cc5c(oc6ccccc65)c(c43)-c3cc4c(cc32)oc2ccccc24)cc1. The summed E-state index contributed by atoms with van der Waals surface area (Å²) in [6.45, 7) is 20.1. The van der Waals surface area contributed by atoms with Crippen molar-refractivity contribution < 1.29 is 13.3 Å². The highest BCUT2D eigenvalue weighted by Crippen LogP contribution is 2.53. The molecule has 0 unspecified atom stereocenters. The third-order valence-corrected chi connectivity index (χ3v) is 13.5. The van der Waals surface area contributed by atoms with Gasteiger partial charge in [-0.15, -0.1) is 0 Å². The summed E-state index contributed by atoms with van der Waals surface area (Å²) >= 11 is 0. The van der Waals surface area contributed by atoms with Crippen LogP contribution in [0.3, 0.4) is 0 Å². The first-order valence-electron chi connectivity index (χ1n) is 21.9. The first-order chi connectivity index (χ1) is 29.6. The van der Waals surface area contributed by atoms with Crippen LogP contribution in [0, 0.1) is 0 Å². The Hall–Kier alpha value is -6.66. The Kier molecular flexibility index (Phi) is 7.47. The summed E-state index contributed by atoms with van der Waals surface area (Å²) in [5, 5.41) is 5.44. The van der Waals surface area contributed by atoms with E-state index in [9.17, 15) is 0 Å². The van der Waals surface area contributed by atoms with E-state index in [1.807, 2.05) is 6.07 Å². The zero-order valence-corrected chi connectivity index (χ0v) is 36.9. The van der Waals surface area contributed by atoms with Gasteiger partial charge in [-0.25, -0.2) is 0 Å². The van der Waals surface area contributed by atoms with Gasteiger partial charge in [0.15, 0.2) is 0 Å². The van der Waals surface area contributed by atoms with Crippen molar-refractivity contribution in [2.24, 2.45) is 0 Å². The third-order valence-electron chi connectivity index (χ3n) is 13.5. The molecule has 2 aliphatic heterocycles. The van der Waals surface area contributed by atoms with E-state index in [1.54, 1.807) is 0 Å². The minimum Gasteiger partial charge on any atom is -0.466 e. The van der Waals surface area contributed by atoms with Crippen molar-refractivity contribution in [2.45, 2.75) is 78.6 Å². The molecule has 304 valence electrons. The molecule has 2 aliphatic rings. The molecule has 5 heterocycles. The number of hydrogen-bond donors (Lipinski definition) is 0. The van der Waals surface area contributed by atoms with Crippen molar-refractivity contribution in [3.8, 4) is 11.1 Å². The lowest BCUT2D eigenvalue weighted by Crippen LogP contribution is -2.61. The smallest absolute Gasteiger partial charge is 0.376 e. The maximum Gasteiger partial charge on any atom is 0.376 e. The maximum atomic E-state index is 7.35. The molecule has 0 saturated carbocycles. The van der Waals surface area contributed by atoms with Crippen LogP contribution in [0.1, 0.15) is 79.0 Å². The van der Waals surface area contributed by atoms with E-state index in [-0.39, 0.29) is 23.1 Å². The first-order valence-corrected chi connectivity index (χ1v) is 21.9. The van der Waals surface area contributed by atoms with Crippen LogP contribution >= 0.6 is 0 Å². The van der Waals surface area contributed by atoms with Gasteiger partial charge in [-0.2, -0.15) is 0 Å². The lowest BCUT2D eigenvalue weighted by molar-refractivity contribution is 0.590. The van der Waals surface area contributed by atoms with Gasteiger partial charge in [0.05, 0.1) is 5.69 Å². The van der Waals surface area contributed by atoms with Crippen LogP contribution in [0.15, 0.2) is 147 Å². The molecule has 7 aromatic carbocycles. The molecule has 0 atom stereocenters. The van der Waals surface area contributed by atoms with Gasteiger partial charge in [0.1, 0.15) is 33.6 Å². The van der Waals surface area contributed by atoms with Gasteiger partial charge in [-0.1, -0.05) is 129 Å². The Morgan fingerprint density at radius 1 is 0.435 bits per heavy atom. The molecule has 0 spiro atoms. The molecule has 0 saturated heterocycles. The Morgan fingerprint density at radius 2 is 1.00 bits per heavy atom. The summed E-state index contributed by atoms with van der Waals surface area (Å²) < 4.78 is 21.1.